The molecule has 2 aromatic heterocycles. The third-order valence-electron chi connectivity index (χ3n) is 3.00. The Bertz CT molecular complexity index is 687. The van der Waals surface area contributed by atoms with E-state index in [2.05, 4.69) is 10.1 Å². The molecule has 4 nitrogen and oxygen atoms in total. The summed E-state index contributed by atoms with van der Waals surface area (Å²) < 4.78 is 5.38. The highest BCUT2D eigenvalue weighted by molar-refractivity contribution is 5.86. The highest BCUT2D eigenvalue weighted by Gasteiger charge is 2.17. The van der Waals surface area contributed by atoms with E-state index in [-0.39, 0.29) is 0 Å². The lowest BCUT2D eigenvalue weighted by Gasteiger charge is -2.02. The van der Waals surface area contributed by atoms with E-state index in [1.165, 1.54) is 5.56 Å². The molecule has 0 bridgehead atoms. The Balaban J connectivity index is 2.16. The van der Waals surface area contributed by atoms with Gasteiger partial charge in [-0.15, -0.1) is 0 Å². The second-order valence-electron chi connectivity index (χ2n) is 4.37. The molecule has 3 aromatic rings. The van der Waals surface area contributed by atoms with Crippen LogP contribution in [0.4, 0.5) is 5.82 Å². The molecule has 0 saturated carbocycles. The second kappa shape index (κ2) is 4.57. The van der Waals surface area contributed by atoms with Gasteiger partial charge in [0.25, 0.3) is 0 Å². The van der Waals surface area contributed by atoms with Crippen LogP contribution in [0.1, 0.15) is 5.56 Å². The van der Waals surface area contributed by atoms with Crippen LogP contribution < -0.4 is 5.73 Å². The Kier molecular flexibility index (Phi) is 2.76. The van der Waals surface area contributed by atoms with Gasteiger partial charge in [-0.25, -0.2) is 0 Å². The summed E-state index contributed by atoms with van der Waals surface area (Å²) in [7, 11) is 0. The standard InChI is InChI=1S/C15H13N3O/c1-10-2-4-12(5-3-10)14-13(15(16)18-19-14)11-6-8-17-9-7-11/h2-9H,1H3,(H2,16,18). The fourth-order valence-corrected chi connectivity index (χ4v) is 2.00. The molecule has 0 fully saturated rings. The first kappa shape index (κ1) is 11.5. The van der Waals surface area contributed by atoms with Crippen LogP contribution in [0.3, 0.4) is 0 Å². The van der Waals surface area contributed by atoms with Crippen molar-refractivity contribution in [2.75, 3.05) is 5.73 Å². The van der Waals surface area contributed by atoms with Crippen molar-refractivity contribution in [2.24, 2.45) is 0 Å². The van der Waals surface area contributed by atoms with E-state index in [0.29, 0.717) is 11.6 Å². The van der Waals surface area contributed by atoms with Gasteiger partial charge in [0.15, 0.2) is 11.6 Å². The van der Waals surface area contributed by atoms with Crippen molar-refractivity contribution in [3.63, 3.8) is 0 Å². The van der Waals surface area contributed by atoms with Crippen molar-refractivity contribution in [3.8, 4) is 22.5 Å². The minimum atomic E-state index is 0.391. The molecule has 4 heteroatoms. The van der Waals surface area contributed by atoms with E-state index in [1.54, 1.807) is 12.4 Å². The van der Waals surface area contributed by atoms with Gasteiger partial charge in [-0.1, -0.05) is 35.0 Å². The number of nitrogens with zero attached hydrogens (tertiary/aromatic N) is 2. The van der Waals surface area contributed by atoms with Crippen LogP contribution in [0.2, 0.25) is 0 Å². The van der Waals surface area contributed by atoms with Crippen LogP contribution in [0.25, 0.3) is 22.5 Å². The van der Waals surface area contributed by atoms with Crippen molar-refractivity contribution in [3.05, 3.63) is 54.4 Å². The molecule has 2 heterocycles. The van der Waals surface area contributed by atoms with Gasteiger partial charge in [0.1, 0.15) is 0 Å². The first-order valence-electron chi connectivity index (χ1n) is 5.98. The lowest BCUT2D eigenvalue weighted by atomic mass is 10.0. The molecule has 0 radical (unpaired) electrons. The summed E-state index contributed by atoms with van der Waals surface area (Å²) in [6, 6.07) is 11.8. The summed E-state index contributed by atoms with van der Waals surface area (Å²) in [6.07, 6.45) is 3.45. The predicted molar refractivity (Wildman–Crippen MR) is 74.3 cm³/mol. The van der Waals surface area contributed by atoms with E-state index >= 15 is 0 Å². The second-order valence-corrected chi connectivity index (χ2v) is 4.37. The largest absolute Gasteiger partial charge is 0.380 e. The molecule has 1 aromatic carbocycles. The highest BCUT2D eigenvalue weighted by atomic mass is 16.5. The molecule has 0 unspecified atom stereocenters. The Morgan fingerprint density at radius 2 is 1.63 bits per heavy atom. The van der Waals surface area contributed by atoms with Crippen LogP contribution >= 0.6 is 0 Å². The average Bonchev–Trinajstić information content (AvgIpc) is 2.82. The summed E-state index contributed by atoms with van der Waals surface area (Å²) in [5.74, 6) is 1.07. The quantitative estimate of drug-likeness (QED) is 0.759. The zero-order valence-corrected chi connectivity index (χ0v) is 10.5. The van der Waals surface area contributed by atoms with Gasteiger partial charge >= 0.3 is 0 Å². The van der Waals surface area contributed by atoms with E-state index < -0.39 is 0 Å². The zero-order chi connectivity index (χ0) is 13.2. The molecule has 19 heavy (non-hydrogen) atoms. The van der Waals surface area contributed by atoms with E-state index in [1.807, 2.05) is 43.3 Å². The van der Waals surface area contributed by atoms with E-state index in [0.717, 1.165) is 16.7 Å². The molecule has 3 rings (SSSR count). The summed E-state index contributed by atoms with van der Waals surface area (Å²) in [6.45, 7) is 2.04. The molecule has 0 aliphatic rings. The molecular formula is C15H13N3O. The average molecular weight is 251 g/mol. The maximum atomic E-state index is 5.92. The first-order valence-corrected chi connectivity index (χ1v) is 5.98. The van der Waals surface area contributed by atoms with Gasteiger partial charge in [-0.2, -0.15) is 0 Å². The predicted octanol–water partition coefficient (Wildman–Crippen LogP) is 3.29. The lowest BCUT2D eigenvalue weighted by Crippen LogP contribution is -1.89. The number of rotatable bonds is 2. The van der Waals surface area contributed by atoms with Crippen LogP contribution in [0.15, 0.2) is 53.3 Å². The summed E-state index contributed by atoms with van der Waals surface area (Å²) >= 11 is 0. The first-order chi connectivity index (χ1) is 9.25. The number of hydrogen-bond acceptors (Lipinski definition) is 4. The Hall–Kier alpha value is -2.62. The van der Waals surface area contributed by atoms with Crippen LogP contribution in [0, 0.1) is 6.92 Å². The third-order valence-corrected chi connectivity index (χ3v) is 3.00. The number of pyridine rings is 1. The highest BCUT2D eigenvalue weighted by Crippen LogP contribution is 2.36. The topological polar surface area (TPSA) is 64.9 Å². The SMILES string of the molecule is Cc1ccc(-c2onc(N)c2-c2ccncc2)cc1. The summed E-state index contributed by atoms with van der Waals surface area (Å²) in [5.41, 5.74) is 9.83. The molecule has 0 aliphatic heterocycles. The van der Waals surface area contributed by atoms with Crippen LogP contribution in [0.5, 0.6) is 0 Å². The van der Waals surface area contributed by atoms with Crippen molar-refractivity contribution in [1.82, 2.24) is 10.1 Å². The molecule has 0 atom stereocenters. The minimum Gasteiger partial charge on any atom is -0.380 e. The van der Waals surface area contributed by atoms with Crippen molar-refractivity contribution >= 4 is 5.82 Å². The smallest absolute Gasteiger partial charge is 0.176 e. The maximum absolute atomic E-state index is 5.92. The number of anilines is 1. The number of nitrogen functional groups attached to an aromatic ring is 1. The summed E-state index contributed by atoms with van der Waals surface area (Å²) in [4.78, 5) is 4.01. The Labute approximate surface area is 110 Å². The molecule has 0 spiro atoms. The third kappa shape index (κ3) is 2.08. The van der Waals surface area contributed by atoms with Crippen molar-refractivity contribution < 1.29 is 4.52 Å². The molecule has 0 saturated heterocycles. The molecule has 94 valence electrons. The molecular weight excluding hydrogens is 238 g/mol. The number of hydrogen-bond donors (Lipinski definition) is 1. The van der Waals surface area contributed by atoms with Gasteiger partial charge in [0.05, 0.1) is 5.56 Å². The number of aromatic nitrogens is 2. The number of nitrogens with two attached hydrogens (primary N) is 1. The summed E-state index contributed by atoms with van der Waals surface area (Å²) in [5, 5.41) is 3.87. The van der Waals surface area contributed by atoms with Gasteiger partial charge < -0.3 is 10.3 Å². The van der Waals surface area contributed by atoms with E-state index in [4.69, 9.17) is 10.3 Å². The minimum absolute atomic E-state index is 0.391. The van der Waals surface area contributed by atoms with Crippen LogP contribution in [-0.4, -0.2) is 10.1 Å². The number of benzene rings is 1. The fourth-order valence-electron chi connectivity index (χ4n) is 2.00. The Morgan fingerprint density at radius 1 is 0.947 bits per heavy atom. The maximum Gasteiger partial charge on any atom is 0.176 e. The van der Waals surface area contributed by atoms with Crippen molar-refractivity contribution in [2.45, 2.75) is 6.92 Å². The number of aryl methyl sites for hydroxylation is 1. The zero-order valence-electron chi connectivity index (χ0n) is 10.5. The fraction of sp³-hybridized carbons (Fsp3) is 0.0667. The molecule has 2 N–H and O–H groups in total. The van der Waals surface area contributed by atoms with Crippen LogP contribution in [-0.2, 0) is 0 Å². The normalized spacial score (nSPS) is 10.6. The van der Waals surface area contributed by atoms with Gasteiger partial charge in [0.2, 0.25) is 0 Å². The Morgan fingerprint density at radius 3 is 2.32 bits per heavy atom. The van der Waals surface area contributed by atoms with Gasteiger partial charge in [0, 0.05) is 18.0 Å². The van der Waals surface area contributed by atoms with Gasteiger partial charge in [-0.05, 0) is 24.6 Å². The van der Waals surface area contributed by atoms with Crippen molar-refractivity contribution in [1.29, 1.82) is 0 Å². The monoisotopic (exact) mass is 251 g/mol. The molecule has 0 amide bonds. The molecule has 0 aliphatic carbocycles. The van der Waals surface area contributed by atoms with E-state index in [9.17, 15) is 0 Å². The van der Waals surface area contributed by atoms with Gasteiger partial charge in [-0.3, -0.25) is 4.98 Å². The lowest BCUT2D eigenvalue weighted by molar-refractivity contribution is 0.436.